The summed E-state index contributed by atoms with van der Waals surface area (Å²) < 4.78 is 11.1. The summed E-state index contributed by atoms with van der Waals surface area (Å²) in [7, 11) is 1.60. The van der Waals surface area contributed by atoms with E-state index in [0.29, 0.717) is 18.0 Å². The average molecular weight is 413 g/mol. The lowest BCUT2D eigenvalue weighted by Crippen LogP contribution is -2.49. The van der Waals surface area contributed by atoms with Crippen LogP contribution < -0.4 is 14.8 Å². The quantitative estimate of drug-likeness (QED) is 0.684. The summed E-state index contributed by atoms with van der Waals surface area (Å²) in [6, 6.07) is 10.8. The van der Waals surface area contributed by atoms with Crippen LogP contribution in [-0.2, 0) is 16.1 Å². The molecule has 0 radical (unpaired) electrons. The molecular formula is C24H32N2O4. The number of methoxy groups -OCH3 is 1. The number of carbonyl (C=O) groups excluding carboxylic acids is 2. The maximum absolute atomic E-state index is 13.1. The van der Waals surface area contributed by atoms with Crippen LogP contribution >= 0.6 is 0 Å². The fraction of sp³-hybridized carbons (Fsp3) is 0.417. The standard InChI is InChI=1S/C24H32N2O4/c1-7-25-24(28)19(5)26(14-20-9-8-10-21(13-20)29-6)23(27)15-30-22-12-16(2)11-17(3)18(22)4/h8-13,19H,7,14-15H2,1-6H3,(H,25,28)/t19-/m1/s1. The predicted octanol–water partition coefficient (Wildman–Crippen LogP) is 3.55. The number of carbonyl (C=O) groups is 2. The molecule has 0 bridgehead atoms. The van der Waals surface area contributed by atoms with Crippen molar-refractivity contribution in [2.45, 2.75) is 47.2 Å². The molecule has 0 unspecified atom stereocenters. The summed E-state index contributed by atoms with van der Waals surface area (Å²) in [5, 5.41) is 2.79. The van der Waals surface area contributed by atoms with Crippen molar-refractivity contribution in [2.75, 3.05) is 20.3 Å². The van der Waals surface area contributed by atoms with E-state index in [-0.39, 0.29) is 25.0 Å². The molecule has 2 amide bonds. The van der Waals surface area contributed by atoms with E-state index in [1.165, 1.54) is 4.90 Å². The minimum absolute atomic E-state index is 0.141. The average Bonchev–Trinajstić information content (AvgIpc) is 2.73. The molecule has 30 heavy (non-hydrogen) atoms. The van der Waals surface area contributed by atoms with Gasteiger partial charge in [0.05, 0.1) is 7.11 Å². The highest BCUT2D eigenvalue weighted by atomic mass is 16.5. The van der Waals surface area contributed by atoms with Crippen molar-refractivity contribution in [2.24, 2.45) is 0 Å². The van der Waals surface area contributed by atoms with Gasteiger partial charge in [-0.3, -0.25) is 9.59 Å². The van der Waals surface area contributed by atoms with E-state index in [2.05, 4.69) is 11.4 Å². The second-order valence-corrected chi connectivity index (χ2v) is 7.44. The number of benzene rings is 2. The zero-order valence-electron chi connectivity index (χ0n) is 18.7. The van der Waals surface area contributed by atoms with Crippen molar-refractivity contribution in [1.29, 1.82) is 0 Å². The first-order valence-electron chi connectivity index (χ1n) is 10.2. The van der Waals surface area contributed by atoms with E-state index in [9.17, 15) is 9.59 Å². The van der Waals surface area contributed by atoms with Gasteiger partial charge in [-0.15, -0.1) is 0 Å². The highest BCUT2D eigenvalue weighted by Gasteiger charge is 2.26. The molecule has 0 saturated carbocycles. The van der Waals surface area contributed by atoms with Gasteiger partial charge in [0.15, 0.2) is 6.61 Å². The number of nitrogens with one attached hydrogen (secondary N) is 1. The van der Waals surface area contributed by atoms with E-state index < -0.39 is 6.04 Å². The van der Waals surface area contributed by atoms with E-state index in [1.807, 2.05) is 58.0 Å². The van der Waals surface area contributed by atoms with Crippen LogP contribution in [-0.4, -0.2) is 43.0 Å². The number of likely N-dealkylation sites (N-methyl/N-ethyl adjacent to an activating group) is 1. The lowest BCUT2D eigenvalue weighted by atomic mass is 10.1. The second-order valence-electron chi connectivity index (χ2n) is 7.44. The fourth-order valence-corrected chi connectivity index (χ4v) is 3.25. The largest absolute Gasteiger partial charge is 0.497 e. The van der Waals surface area contributed by atoms with Crippen LogP contribution in [0.4, 0.5) is 0 Å². The number of ether oxygens (including phenoxy) is 2. The zero-order chi connectivity index (χ0) is 22.3. The van der Waals surface area contributed by atoms with Gasteiger partial charge >= 0.3 is 0 Å². The first-order chi connectivity index (χ1) is 14.3. The van der Waals surface area contributed by atoms with Gasteiger partial charge in [0, 0.05) is 13.1 Å². The lowest BCUT2D eigenvalue weighted by Gasteiger charge is -2.29. The van der Waals surface area contributed by atoms with Crippen molar-refractivity contribution < 1.29 is 19.1 Å². The van der Waals surface area contributed by atoms with Crippen molar-refractivity contribution >= 4 is 11.8 Å². The van der Waals surface area contributed by atoms with Crippen LogP contribution in [0.2, 0.25) is 0 Å². The van der Waals surface area contributed by atoms with Crippen molar-refractivity contribution in [3.8, 4) is 11.5 Å². The van der Waals surface area contributed by atoms with Crippen LogP contribution in [0.3, 0.4) is 0 Å². The summed E-state index contributed by atoms with van der Waals surface area (Å²) in [4.78, 5) is 27.1. The van der Waals surface area contributed by atoms with E-state index in [0.717, 1.165) is 22.3 Å². The van der Waals surface area contributed by atoms with Gasteiger partial charge in [-0.25, -0.2) is 0 Å². The number of aryl methyl sites for hydroxylation is 2. The molecule has 1 atom stereocenters. The highest BCUT2D eigenvalue weighted by molar-refractivity contribution is 5.87. The van der Waals surface area contributed by atoms with Gasteiger partial charge < -0.3 is 19.7 Å². The van der Waals surface area contributed by atoms with Gasteiger partial charge in [-0.2, -0.15) is 0 Å². The Morgan fingerprint density at radius 1 is 1.13 bits per heavy atom. The number of amides is 2. The molecule has 0 aliphatic heterocycles. The molecule has 0 saturated heterocycles. The van der Waals surface area contributed by atoms with Crippen molar-refractivity contribution in [1.82, 2.24) is 10.2 Å². The fourth-order valence-electron chi connectivity index (χ4n) is 3.25. The van der Waals surface area contributed by atoms with Gasteiger partial charge in [-0.1, -0.05) is 18.2 Å². The van der Waals surface area contributed by atoms with Crippen LogP contribution in [0, 0.1) is 20.8 Å². The molecule has 162 valence electrons. The number of rotatable bonds is 9. The predicted molar refractivity (Wildman–Crippen MR) is 118 cm³/mol. The first-order valence-corrected chi connectivity index (χ1v) is 10.2. The monoisotopic (exact) mass is 412 g/mol. The Bertz CT molecular complexity index is 895. The summed E-state index contributed by atoms with van der Waals surface area (Å²) in [5.74, 6) is 0.937. The van der Waals surface area contributed by atoms with Gasteiger partial charge in [0.25, 0.3) is 5.91 Å². The Kier molecular flexibility index (Phi) is 8.27. The molecule has 2 aromatic rings. The SMILES string of the molecule is CCNC(=O)[C@@H](C)N(Cc1cccc(OC)c1)C(=O)COc1cc(C)cc(C)c1C. The molecule has 0 aliphatic rings. The van der Waals surface area contributed by atoms with E-state index >= 15 is 0 Å². The van der Waals surface area contributed by atoms with Gasteiger partial charge in [0.1, 0.15) is 17.5 Å². The minimum atomic E-state index is -0.632. The summed E-state index contributed by atoms with van der Waals surface area (Å²) in [6.45, 7) is 10.2. The second kappa shape index (κ2) is 10.7. The molecule has 1 N–H and O–H groups in total. The summed E-state index contributed by atoms with van der Waals surface area (Å²) >= 11 is 0. The minimum Gasteiger partial charge on any atom is -0.497 e. The smallest absolute Gasteiger partial charge is 0.261 e. The maximum Gasteiger partial charge on any atom is 0.261 e. The Morgan fingerprint density at radius 2 is 1.87 bits per heavy atom. The molecule has 0 spiro atoms. The first kappa shape index (κ1) is 23.3. The highest BCUT2D eigenvalue weighted by Crippen LogP contribution is 2.23. The molecule has 0 aromatic heterocycles. The van der Waals surface area contributed by atoms with Crippen LogP contribution in [0.15, 0.2) is 36.4 Å². The third kappa shape index (κ3) is 5.99. The third-order valence-corrected chi connectivity index (χ3v) is 5.12. The number of hydrogen-bond acceptors (Lipinski definition) is 4. The summed E-state index contributed by atoms with van der Waals surface area (Å²) in [5.41, 5.74) is 4.07. The normalized spacial score (nSPS) is 11.5. The summed E-state index contributed by atoms with van der Waals surface area (Å²) in [6.07, 6.45) is 0. The van der Waals surface area contributed by atoms with Crippen LogP contribution in [0.5, 0.6) is 11.5 Å². The molecular weight excluding hydrogens is 380 g/mol. The molecule has 0 aliphatic carbocycles. The Morgan fingerprint density at radius 3 is 2.53 bits per heavy atom. The van der Waals surface area contributed by atoms with Crippen molar-refractivity contribution in [3.63, 3.8) is 0 Å². The topological polar surface area (TPSA) is 67.9 Å². The molecule has 2 aromatic carbocycles. The molecule has 2 rings (SSSR count). The van der Waals surface area contributed by atoms with Crippen LogP contribution in [0.1, 0.15) is 36.1 Å². The molecule has 0 fully saturated rings. The van der Waals surface area contributed by atoms with Crippen LogP contribution in [0.25, 0.3) is 0 Å². The van der Waals surface area contributed by atoms with Gasteiger partial charge in [-0.05, 0) is 75.1 Å². The Balaban J connectivity index is 2.22. The Labute approximate surface area is 179 Å². The lowest BCUT2D eigenvalue weighted by molar-refractivity contribution is -0.142. The molecule has 6 nitrogen and oxygen atoms in total. The van der Waals surface area contributed by atoms with E-state index in [1.54, 1.807) is 14.0 Å². The number of hydrogen-bond donors (Lipinski definition) is 1. The number of nitrogens with zero attached hydrogens (tertiary/aromatic N) is 1. The zero-order valence-corrected chi connectivity index (χ0v) is 18.7. The van der Waals surface area contributed by atoms with E-state index in [4.69, 9.17) is 9.47 Å². The molecule has 0 heterocycles. The van der Waals surface area contributed by atoms with Gasteiger partial charge in [0.2, 0.25) is 5.91 Å². The Hall–Kier alpha value is -3.02. The van der Waals surface area contributed by atoms with Crippen molar-refractivity contribution in [3.05, 3.63) is 58.7 Å². The maximum atomic E-state index is 13.1. The molecule has 6 heteroatoms. The third-order valence-electron chi connectivity index (χ3n) is 5.12.